The van der Waals surface area contributed by atoms with E-state index in [2.05, 4.69) is 10.6 Å². The van der Waals surface area contributed by atoms with Crippen LogP contribution < -0.4 is 10.6 Å². The summed E-state index contributed by atoms with van der Waals surface area (Å²) < 4.78 is 26.1. The van der Waals surface area contributed by atoms with Crippen molar-refractivity contribution in [2.75, 3.05) is 18.4 Å². The molecule has 3 nitrogen and oxygen atoms in total. The number of piperidine rings is 1. The van der Waals surface area contributed by atoms with Crippen LogP contribution in [-0.4, -0.2) is 19.0 Å². The van der Waals surface area contributed by atoms with Gasteiger partial charge < -0.3 is 10.6 Å². The molecule has 1 heterocycles. The molecule has 0 saturated carbocycles. The van der Waals surface area contributed by atoms with Gasteiger partial charge in [0.05, 0.1) is 5.69 Å². The normalized spacial score (nSPS) is 16.3. The Morgan fingerprint density at radius 2 is 2.05 bits per heavy atom. The number of carbonyl (C=O) groups is 1. The highest BCUT2D eigenvalue weighted by molar-refractivity contribution is 5.90. The summed E-state index contributed by atoms with van der Waals surface area (Å²) in [6.07, 6.45) is 3.36. The topological polar surface area (TPSA) is 41.1 Å². The summed E-state index contributed by atoms with van der Waals surface area (Å²) in [7, 11) is 0. The highest BCUT2D eigenvalue weighted by Gasteiger charge is 2.15. The number of amides is 1. The van der Waals surface area contributed by atoms with Gasteiger partial charge in [0.25, 0.3) is 0 Å². The number of nitrogens with one attached hydrogen (secondary N) is 2. The zero-order chi connectivity index (χ0) is 13.7. The number of carbonyl (C=O) groups excluding carboxylic acids is 1. The lowest BCUT2D eigenvalue weighted by molar-refractivity contribution is -0.116. The maximum atomic E-state index is 13.3. The second-order valence-corrected chi connectivity index (χ2v) is 4.90. The van der Waals surface area contributed by atoms with Crippen LogP contribution in [0.1, 0.15) is 25.7 Å². The average molecular weight is 268 g/mol. The van der Waals surface area contributed by atoms with Gasteiger partial charge in [-0.25, -0.2) is 8.78 Å². The molecular formula is C14H18F2N2O. The van der Waals surface area contributed by atoms with E-state index in [4.69, 9.17) is 0 Å². The molecule has 1 fully saturated rings. The largest absolute Gasteiger partial charge is 0.324 e. The van der Waals surface area contributed by atoms with Crippen LogP contribution in [0.2, 0.25) is 0 Å². The predicted molar refractivity (Wildman–Crippen MR) is 69.8 cm³/mol. The highest BCUT2D eigenvalue weighted by Crippen LogP contribution is 2.19. The first-order valence-corrected chi connectivity index (χ1v) is 6.61. The molecule has 104 valence electrons. The van der Waals surface area contributed by atoms with Crippen LogP contribution in [0.25, 0.3) is 0 Å². The molecule has 1 aliphatic heterocycles. The van der Waals surface area contributed by atoms with E-state index in [0.29, 0.717) is 12.3 Å². The molecule has 1 aromatic carbocycles. The maximum Gasteiger partial charge on any atom is 0.224 e. The average Bonchev–Trinajstić information content (AvgIpc) is 2.41. The molecule has 2 N–H and O–H groups in total. The molecule has 1 aliphatic rings. The number of hydrogen-bond acceptors (Lipinski definition) is 2. The van der Waals surface area contributed by atoms with Crippen molar-refractivity contribution in [3.8, 4) is 0 Å². The predicted octanol–water partition coefficient (Wildman–Crippen LogP) is 2.68. The summed E-state index contributed by atoms with van der Waals surface area (Å²) in [5.74, 6) is -1.05. The van der Waals surface area contributed by atoms with Gasteiger partial charge in [-0.15, -0.1) is 0 Å². The number of hydrogen-bond donors (Lipinski definition) is 2. The number of halogens is 2. The lowest BCUT2D eigenvalue weighted by Gasteiger charge is -2.22. The Kier molecular flexibility index (Phi) is 4.85. The molecule has 5 heteroatoms. The van der Waals surface area contributed by atoms with Crippen LogP contribution in [0.3, 0.4) is 0 Å². The van der Waals surface area contributed by atoms with Gasteiger partial charge in [-0.1, -0.05) is 0 Å². The van der Waals surface area contributed by atoms with Crippen molar-refractivity contribution in [1.82, 2.24) is 5.32 Å². The summed E-state index contributed by atoms with van der Waals surface area (Å²) in [5, 5.41) is 5.75. The van der Waals surface area contributed by atoms with E-state index in [9.17, 15) is 13.6 Å². The fourth-order valence-corrected chi connectivity index (χ4v) is 2.31. The SMILES string of the molecule is O=C(CCC1CCNCC1)Nc1ccc(F)cc1F. The summed E-state index contributed by atoms with van der Waals surface area (Å²) >= 11 is 0. The van der Waals surface area contributed by atoms with Crippen LogP contribution in [0.4, 0.5) is 14.5 Å². The van der Waals surface area contributed by atoms with Gasteiger partial charge in [0.1, 0.15) is 11.6 Å². The second kappa shape index (κ2) is 6.61. The van der Waals surface area contributed by atoms with Crippen LogP contribution in [0.15, 0.2) is 18.2 Å². The zero-order valence-electron chi connectivity index (χ0n) is 10.7. The smallest absolute Gasteiger partial charge is 0.224 e. The Labute approximate surface area is 111 Å². The second-order valence-electron chi connectivity index (χ2n) is 4.90. The van der Waals surface area contributed by atoms with E-state index in [1.807, 2.05) is 0 Å². The summed E-state index contributed by atoms with van der Waals surface area (Å²) in [5.41, 5.74) is 0.0386. The van der Waals surface area contributed by atoms with E-state index in [1.165, 1.54) is 6.07 Å². The van der Waals surface area contributed by atoms with Crippen LogP contribution in [-0.2, 0) is 4.79 Å². The lowest BCUT2D eigenvalue weighted by Crippen LogP contribution is -2.28. The Morgan fingerprint density at radius 3 is 2.74 bits per heavy atom. The molecule has 0 atom stereocenters. The first-order valence-electron chi connectivity index (χ1n) is 6.61. The summed E-state index contributed by atoms with van der Waals surface area (Å²) in [6, 6.07) is 3.14. The van der Waals surface area contributed by atoms with E-state index < -0.39 is 11.6 Å². The van der Waals surface area contributed by atoms with Crippen LogP contribution >= 0.6 is 0 Å². The van der Waals surface area contributed by atoms with Gasteiger partial charge in [-0.3, -0.25) is 4.79 Å². The Balaban J connectivity index is 1.80. The molecule has 2 rings (SSSR count). The van der Waals surface area contributed by atoms with Crippen molar-refractivity contribution >= 4 is 11.6 Å². The van der Waals surface area contributed by atoms with Gasteiger partial charge >= 0.3 is 0 Å². The summed E-state index contributed by atoms with van der Waals surface area (Å²) in [6.45, 7) is 2.00. The van der Waals surface area contributed by atoms with Gasteiger partial charge in [-0.05, 0) is 50.4 Å². The Bertz CT molecular complexity index is 445. The third-order valence-corrected chi connectivity index (χ3v) is 3.44. The molecule has 0 aliphatic carbocycles. The highest BCUT2D eigenvalue weighted by atomic mass is 19.1. The minimum atomic E-state index is -0.741. The van der Waals surface area contributed by atoms with E-state index in [0.717, 1.165) is 44.5 Å². The van der Waals surface area contributed by atoms with Crippen molar-refractivity contribution < 1.29 is 13.6 Å². The van der Waals surface area contributed by atoms with Gasteiger partial charge in [0, 0.05) is 12.5 Å². The first kappa shape index (κ1) is 13.9. The van der Waals surface area contributed by atoms with Crippen molar-refractivity contribution in [1.29, 1.82) is 0 Å². The maximum absolute atomic E-state index is 13.3. The third kappa shape index (κ3) is 4.28. The summed E-state index contributed by atoms with van der Waals surface area (Å²) in [4.78, 5) is 11.7. The molecule has 0 spiro atoms. The van der Waals surface area contributed by atoms with E-state index >= 15 is 0 Å². The van der Waals surface area contributed by atoms with Crippen LogP contribution in [0.5, 0.6) is 0 Å². The Morgan fingerprint density at radius 1 is 1.32 bits per heavy atom. The number of benzene rings is 1. The number of anilines is 1. The fraction of sp³-hybridized carbons (Fsp3) is 0.500. The molecule has 19 heavy (non-hydrogen) atoms. The van der Waals surface area contributed by atoms with Crippen molar-refractivity contribution in [2.24, 2.45) is 5.92 Å². The fourth-order valence-electron chi connectivity index (χ4n) is 2.31. The monoisotopic (exact) mass is 268 g/mol. The van der Waals surface area contributed by atoms with Gasteiger partial charge in [-0.2, -0.15) is 0 Å². The van der Waals surface area contributed by atoms with Gasteiger partial charge in [0.15, 0.2) is 0 Å². The molecule has 0 aromatic heterocycles. The van der Waals surface area contributed by atoms with Crippen molar-refractivity contribution in [3.63, 3.8) is 0 Å². The van der Waals surface area contributed by atoms with E-state index in [-0.39, 0.29) is 11.6 Å². The molecule has 0 radical (unpaired) electrons. The molecule has 1 aromatic rings. The minimum absolute atomic E-state index is 0.0386. The third-order valence-electron chi connectivity index (χ3n) is 3.44. The van der Waals surface area contributed by atoms with Crippen LogP contribution in [0, 0.1) is 17.6 Å². The van der Waals surface area contributed by atoms with Gasteiger partial charge in [0.2, 0.25) is 5.91 Å². The molecule has 0 unspecified atom stereocenters. The minimum Gasteiger partial charge on any atom is -0.324 e. The molecule has 0 bridgehead atoms. The molecular weight excluding hydrogens is 250 g/mol. The molecule has 1 amide bonds. The van der Waals surface area contributed by atoms with Crippen molar-refractivity contribution in [3.05, 3.63) is 29.8 Å². The zero-order valence-corrected chi connectivity index (χ0v) is 10.7. The molecule has 1 saturated heterocycles. The standard InChI is InChI=1S/C14H18F2N2O/c15-11-2-3-13(12(16)9-11)18-14(19)4-1-10-5-7-17-8-6-10/h2-3,9-10,17H,1,4-8H2,(H,18,19). The van der Waals surface area contributed by atoms with E-state index in [1.54, 1.807) is 0 Å². The Hall–Kier alpha value is -1.49. The van der Waals surface area contributed by atoms with Crippen molar-refractivity contribution in [2.45, 2.75) is 25.7 Å². The quantitative estimate of drug-likeness (QED) is 0.881. The first-order chi connectivity index (χ1) is 9.15. The number of rotatable bonds is 4. The lowest BCUT2D eigenvalue weighted by atomic mass is 9.93.